The Morgan fingerprint density at radius 3 is 1.25 bits per heavy atom. The first-order valence-electron chi connectivity index (χ1n) is 0. The average Bonchev–Trinajstić information content (AvgIpc) is 0. The minimum Gasteiger partial charge on any atom is -1.00 e. The van der Waals surface area contributed by atoms with E-state index in [1.54, 1.807) is 0 Å². The van der Waals surface area contributed by atoms with Crippen molar-refractivity contribution in [3.8, 4) is 0 Å². The molecule has 0 saturated carbocycles. The van der Waals surface area contributed by atoms with Gasteiger partial charge in [-0.25, -0.2) is 0 Å². The third kappa shape index (κ3) is 8.82. The summed E-state index contributed by atoms with van der Waals surface area (Å²) in [6, 6.07) is 0. The van der Waals surface area contributed by atoms with E-state index in [0.29, 0.717) is 0 Å². The van der Waals surface area contributed by atoms with Gasteiger partial charge in [0.1, 0.15) is 0 Å². The molecule has 0 aromatic heterocycles. The van der Waals surface area contributed by atoms with Gasteiger partial charge in [0, 0.05) is 55.3 Å². The molecule has 4 heavy (non-hydrogen) atoms. The molecule has 0 N–H and O–H groups in total. The van der Waals surface area contributed by atoms with E-state index in [-0.39, 0.29) is 81.2 Å². The largest absolute Gasteiger partial charge is 2.00 e. The smallest absolute Gasteiger partial charge is 1.00 e. The summed E-state index contributed by atoms with van der Waals surface area (Å²) < 4.78 is 0. The summed E-state index contributed by atoms with van der Waals surface area (Å²) in [5.41, 5.74) is 0. The topological polar surface area (TPSA) is 0 Å². The molecule has 0 aliphatic heterocycles. The van der Waals surface area contributed by atoms with E-state index < -0.39 is 0 Å². The SMILES string of the molecule is [Fe].[H-].[H-].[Mg+2].[Ni].[Ti]. The summed E-state index contributed by atoms with van der Waals surface area (Å²) in [6.07, 6.45) is 0. The number of hydrogen-bond donors (Lipinski definition) is 0. The Labute approximate surface area is 80.3 Å². The summed E-state index contributed by atoms with van der Waals surface area (Å²) in [7, 11) is 0. The summed E-state index contributed by atoms with van der Waals surface area (Å²) in [4.78, 5) is 0. The van der Waals surface area contributed by atoms with Crippen molar-refractivity contribution in [1.29, 1.82) is 0 Å². The fraction of sp³-hybridized carbons (Fsp3) is 0. The van der Waals surface area contributed by atoms with Crippen LogP contribution in [0.4, 0.5) is 0 Å². The average molecular weight is 189 g/mol. The molecular weight excluding hydrogens is 187 g/mol. The molecule has 0 aromatic carbocycles. The van der Waals surface area contributed by atoms with Crippen LogP contribution in [-0.4, -0.2) is 23.1 Å². The summed E-state index contributed by atoms with van der Waals surface area (Å²) in [5, 5.41) is 0. The van der Waals surface area contributed by atoms with Crippen molar-refractivity contribution in [2.45, 2.75) is 0 Å². The van der Waals surface area contributed by atoms with Crippen molar-refractivity contribution in [1.82, 2.24) is 0 Å². The zero-order valence-corrected chi connectivity index (χ0v) is 6.94. The van der Waals surface area contributed by atoms with E-state index >= 15 is 0 Å². The third-order valence-electron chi connectivity index (χ3n) is 0. The fourth-order valence-electron chi connectivity index (χ4n) is 0. The van der Waals surface area contributed by atoms with Gasteiger partial charge in [0.05, 0.1) is 0 Å². The van der Waals surface area contributed by atoms with Crippen molar-refractivity contribution in [3.63, 3.8) is 0 Å². The molecule has 0 bridgehead atoms. The first-order chi connectivity index (χ1) is 0. The van der Waals surface area contributed by atoms with Gasteiger partial charge in [-0.3, -0.25) is 0 Å². The van der Waals surface area contributed by atoms with Gasteiger partial charge in [-0.1, -0.05) is 0 Å². The molecule has 0 amide bonds. The van der Waals surface area contributed by atoms with Crippen LogP contribution in [0.5, 0.6) is 0 Å². The molecule has 0 unspecified atom stereocenters. The zero-order chi connectivity index (χ0) is 0. The molecule has 0 radical (unpaired) electrons. The molecule has 0 spiro atoms. The Kier molecular flexibility index (Phi) is 141. The van der Waals surface area contributed by atoms with E-state index in [2.05, 4.69) is 0 Å². The summed E-state index contributed by atoms with van der Waals surface area (Å²) >= 11 is 0. The van der Waals surface area contributed by atoms with Gasteiger partial charge >= 0.3 is 23.1 Å². The maximum absolute atomic E-state index is 0. The van der Waals surface area contributed by atoms with Crippen LogP contribution >= 0.6 is 0 Å². The first-order valence-corrected chi connectivity index (χ1v) is 0. The van der Waals surface area contributed by atoms with Crippen LogP contribution in [0.1, 0.15) is 2.85 Å². The van der Waals surface area contributed by atoms with Crippen LogP contribution < -0.4 is 0 Å². The van der Waals surface area contributed by atoms with E-state index in [1.807, 2.05) is 0 Å². The molecule has 4 heteroatoms. The molecule has 0 aliphatic carbocycles. The van der Waals surface area contributed by atoms with Crippen molar-refractivity contribution in [2.24, 2.45) is 0 Å². The minimum absolute atomic E-state index is 0. The normalized spacial score (nSPS) is 0. The van der Waals surface area contributed by atoms with Gasteiger partial charge in [-0.05, 0) is 0 Å². The van der Waals surface area contributed by atoms with E-state index in [4.69, 9.17) is 0 Å². The van der Waals surface area contributed by atoms with Crippen LogP contribution in [0.15, 0.2) is 0 Å². The second-order valence-corrected chi connectivity index (χ2v) is 0. The van der Waals surface area contributed by atoms with Crippen LogP contribution in [0.3, 0.4) is 0 Å². The van der Waals surface area contributed by atoms with Gasteiger partial charge in [0.15, 0.2) is 0 Å². The Balaban J connectivity index is 0. The Hall–Kier alpha value is 2.49. The standard InChI is InChI=1S/Fe.Mg.Ni.Ti.2H/q;+2;;;2*-1. The second-order valence-electron chi connectivity index (χ2n) is 0. The monoisotopic (exact) mass is 188 g/mol. The van der Waals surface area contributed by atoms with Crippen molar-refractivity contribution < 1.29 is 58.1 Å². The molecule has 26 valence electrons. The second kappa shape index (κ2) is 17.8. The van der Waals surface area contributed by atoms with Gasteiger partial charge in [-0.15, -0.1) is 0 Å². The van der Waals surface area contributed by atoms with Crippen LogP contribution in [0.2, 0.25) is 0 Å². The fourth-order valence-corrected chi connectivity index (χ4v) is 0. The number of rotatable bonds is 0. The van der Waals surface area contributed by atoms with Crippen molar-refractivity contribution in [2.75, 3.05) is 0 Å². The van der Waals surface area contributed by atoms with Gasteiger partial charge in [-0.2, -0.15) is 0 Å². The van der Waals surface area contributed by atoms with Gasteiger partial charge in [0.2, 0.25) is 0 Å². The predicted octanol–water partition coefficient (Wildman–Crippen LogP) is -0.163. The predicted molar refractivity (Wildman–Crippen MR) is 7.98 cm³/mol. The molecular formula is H2FeMgNiTi. The van der Waals surface area contributed by atoms with E-state index in [1.165, 1.54) is 0 Å². The quantitative estimate of drug-likeness (QED) is 0.464. The van der Waals surface area contributed by atoms with Gasteiger partial charge < -0.3 is 2.85 Å². The van der Waals surface area contributed by atoms with Gasteiger partial charge in [0.25, 0.3) is 0 Å². The van der Waals surface area contributed by atoms with E-state index in [0.717, 1.165) is 0 Å². The van der Waals surface area contributed by atoms with Crippen LogP contribution in [0.25, 0.3) is 0 Å². The molecule has 0 aromatic rings. The molecule has 0 atom stereocenters. The maximum Gasteiger partial charge on any atom is 2.00 e. The molecule has 0 nitrogen and oxygen atoms in total. The zero-order valence-electron chi connectivity index (χ0n) is 3.88. The van der Waals surface area contributed by atoms with Crippen molar-refractivity contribution in [3.05, 3.63) is 0 Å². The Bertz CT molecular complexity index is 13.5. The molecule has 0 saturated heterocycles. The van der Waals surface area contributed by atoms with Crippen LogP contribution in [-0.2, 0) is 55.3 Å². The molecule has 0 rings (SSSR count). The summed E-state index contributed by atoms with van der Waals surface area (Å²) in [6.45, 7) is 0. The first kappa shape index (κ1) is 31.5. The number of hydrogen-bond acceptors (Lipinski definition) is 0. The maximum atomic E-state index is 0. The third-order valence-corrected chi connectivity index (χ3v) is 0. The van der Waals surface area contributed by atoms with Crippen molar-refractivity contribution >= 4 is 23.1 Å². The molecule has 0 aliphatic rings. The Morgan fingerprint density at radius 2 is 1.25 bits per heavy atom. The minimum atomic E-state index is 0. The Morgan fingerprint density at radius 1 is 1.25 bits per heavy atom. The van der Waals surface area contributed by atoms with E-state index in [9.17, 15) is 0 Å². The molecule has 0 fully saturated rings. The van der Waals surface area contributed by atoms with Crippen LogP contribution in [0, 0.1) is 0 Å². The summed E-state index contributed by atoms with van der Waals surface area (Å²) in [5.74, 6) is 0. The molecule has 0 heterocycles.